The molecule has 0 radical (unpaired) electrons. The predicted octanol–water partition coefficient (Wildman–Crippen LogP) is 4.06. The van der Waals surface area contributed by atoms with Gasteiger partial charge in [-0.05, 0) is 68.9 Å². The van der Waals surface area contributed by atoms with E-state index in [1.165, 1.54) is 11.3 Å². The fourth-order valence-corrected chi connectivity index (χ4v) is 5.60. The lowest BCUT2D eigenvalue weighted by atomic mass is 9.85. The minimum Gasteiger partial charge on any atom is -0.381 e. The second kappa shape index (κ2) is 11.2. The summed E-state index contributed by atoms with van der Waals surface area (Å²) in [5.74, 6) is 0.768. The van der Waals surface area contributed by atoms with E-state index < -0.39 is 0 Å². The molecule has 4 N–H and O–H groups in total. The number of nitrogens with zero attached hydrogens (tertiary/aromatic N) is 2. The van der Waals surface area contributed by atoms with E-state index in [0.717, 1.165) is 66.1 Å². The molecular formula is C26H32N6O3S. The first-order chi connectivity index (χ1) is 17.6. The highest BCUT2D eigenvalue weighted by Crippen LogP contribution is 2.29. The maximum absolute atomic E-state index is 13.3. The zero-order chi connectivity index (χ0) is 24.9. The van der Waals surface area contributed by atoms with E-state index in [1.807, 2.05) is 30.3 Å². The Morgan fingerprint density at radius 3 is 2.58 bits per heavy atom. The van der Waals surface area contributed by atoms with Crippen LogP contribution in [0.1, 0.15) is 48.9 Å². The smallest absolute Gasteiger partial charge is 0.253 e. The highest BCUT2D eigenvalue weighted by molar-refractivity contribution is 7.16. The van der Waals surface area contributed by atoms with Crippen molar-refractivity contribution in [2.45, 2.75) is 50.6 Å². The molecule has 5 rings (SSSR count). The summed E-state index contributed by atoms with van der Waals surface area (Å²) in [7, 11) is 1.68. The van der Waals surface area contributed by atoms with Gasteiger partial charge < -0.3 is 26.0 Å². The van der Waals surface area contributed by atoms with Gasteiger partial charge in [0.15, 0.2) is 0 Å². The van der Waals surface area contributed by atoms with Gasteiger partial charge in [0.25, 0.3) is 5.91 Å². The molecule has 2 fully saturated rings. The van der Waals surface area contributed by atoms with Crippen LogP contribution < -0.4 is 21.3 Å². The first-order valence-electron chi connectivity index (χ1n) is 12.6. The minimum absolute atomic E-state index is 0.0389. The van der Waals surface area contributed by atoms with Crippen LogP contribution in [0.4, 0.5) is 17.2 Å². The number of benzene rings is 1. The van der Waals surface area contributed by atoms with Crippen molar-refractivity contribution in [2.75, 3.05) is 30.9 Å². The van der Waals surface area contributed by atoms with Crippen molar-refractivity contribution in [3.8, 4) is 0 Å². The molecule has 1 saturated carbocycles. The molecule has 3 aromatic rings. The van der Waals surface area contributed by atoms with Crippen molar-refractivity contribution >= 4 is 50.7 Å². The second-order valence-corrected chi connectivity index (χ2v) is 10.3. The minimum atomic E-state index is -0.0938. The fraction of sp³-hybridized carbons (Fsp3) is 0.462. The van der Waals surface area contributed by atoms with Crippen LogP contribution in [-0.4, -0.2) is 54.1 Å². The number of hydrogen-bond donors (Lipinski definition) is 4. The standard InChI is InChI=1S/C26H32N6O3S/c1-27-24(33)16-2-4-17(5-3-16)31-25(34)20-7-6-19(14-22(20)29-18-10-12-35-13-11-18)30-23-9-8-21-26(32-23)36-15-28-21/h6-9,14-18,29H,2-5,10-13H2,1H3,(H,27,33)(H,30,32)(H,31,34). The highest BCUT2D eigenvalue weighted by atomic mass is 32.1. The Morgan fingerprint density at radius 2 is 1.81 bits per heavy atom. The Bertz CT molecular complexity index is 1220. The van der Waals surface area contributed by atoms with Crippen LogP contribution in [0.2, 0.25) is 0 Å². The topological polar surface area (TPSA) is 117 Å². The number of amides is 2. The Morgan fingerprint density at radius 1 is 1.00 bits per heavy atom. The highest BCUT2D eigenvalue weighted by Gasteiger charge is 2.27. The number of rotatable bonds is 7. The third-order valence-electron chi connectivity index (χ3n) is 6.99. The van der Waals surface area contributed by atoms with Crippen molar-refractivity contribution < 1.29 is 14.3 Å². The molecule has 1 aliphatic heterocycles. The number of ether oxygens (including phenoxy) is 1. The van der Waals surface area contributed by atoms with E-state index in [4.69, 9.17) is 4.74 Å². The van der Waals surface area contributed by atoms with Gasteiger partial charge >= 0.3 is 0 Å². The number of anilines is 3. The Hall–Kier alpha value is -3.24. The third kappa shape index (κ3) is 5.76. The van der Waals surface area contributed by atoms with Crippen LogP contribution in [0.5, 0.6) is 0 Å². The van der Waals surface area contributed by atoms with E-state index in [9.17, 15) is 9.59 Å². The number of pyridine rings is 1. The zero-order valence-electron chi connectivity index (χ0n) is 20.4. The molecule has 9 nitrogen and oxygen atoms in total. The molecule has 36 heavy (non-hydrogen) atoms. The summed E-state index contributed by atoms with van der Waals surface area (Å²) in [5, 5.41) is 12.9. The summed E-state index contributed by atoms with van der Waals surface area (Å²) in [6.45, 7) is 1.43. The van der Waals surface area contributed by atoms with Crippen LogP contribution in [0.15, 0.2) is 35.8 Å². The monoisotopic (exact) mass is 508 g/mol. The van der Waals surface area contributed by atoms with E-state index in [-0.39, 0.29) is 29.8 Å². The van der Waals surface area contributed by atoms with Crippen molar-refractivity contribution in [1.29, 1.82) is 0 Å². The molecule has 0 atom stereocenters. The maximum atomic E-state index is 13.3. The quantitative estimate of drug-likeness (QED) is 0.380. The van der Waals surface area contributed by atoms with Gasteiger partial charge in [-0.3, -0.25) is 9.59 Å². The summed E-state index contributed by atoms with van der Waals surface area (Å²) < 4.78 is 5.51. The molecule has 0 spiro atoms. The van der Waals surface area contributed by atoms with Crippen molar-refractivity contribution in [3.05, 3.63) is 41.4 Å². The maximum Gasteiger partial charge on any atom is 0.253 e. The molecule has 1 aromatic carbocycles. The average molecular weight is 509 g/mol. The van der Waals surface area contributed by atoms with Crippen LogP contribution >= 0.6 is 11.3 Å². The fourth-order valence-electron chi connectivity index (χ4n) is 4.94. The lowest BCUT2D eigenvalue weighted by Gasteiger charge is -2.29. The first kappa shape index (κ1) is 24.5. The second-order valence-electron chi connectivity index (χ2n) is 9.43. The van der Waals surface area contributed by atoms with Gasteiger partial charge in [0.1, 0.15) is 16.2 Å². The van der Waals surface area contributed by atoms with Crippen LogP contribution in [0.3, 0.4) is 0 Å². The third-order valence-corrected chi connectivity index (χ3v) is 7.73. The van der Waals surface area contributed by atoms with Gasteiger partial charge in [0.05, 0.1) is 11.1 Å². The number of aromatic nitrogens is 2. The lowest BCUT2D eigenvalue weighted by Crippen LogP contribution is -2.40. The van der Waals surface area contributed by atoms with Crippen molar-refractivity contribution in [3.63, 3.8) is 0 Å². The molecule has 2 amide bonds. The van der Waals surface area contributed by atoms with Crippen LogP contribution in [-0.2, 0) is 9.53 Å². The van der Waals surface area contributed by atoms with Crippen LogP contribution in [0, 0.1) is 5.92 Å². The molecule has 10 heteroatoms. The van der Waals surface area contributed by atoms with Gasteiger partial charge in [-0.15, -0.1) is 11.3 Å². The summed E-state index contributed by atoms with van der Waals surface area (Å²) in [4.78, 5) is 35.1. The molecule has 2 aromatic heterocycles. The molecule has 1 saturated heterocycles. The normalized spacial score (nSPS) is 20.6. The Kier molecular flexibility index (Phi) is 7.62. The largest absolute Gasteiger partial charge is 0.381 e. The van der Waals surface area contributed by atoms with Gasteiger partial charge in [0.2, 0.25) is 5.91 Å². The molecule has 0 bridgehead atoms. The van der Waals surface area contributed by atoms with Crippen molar-refractivity contribution in [2.24, 2.45) is 5.92 Å². The number of nitrogens with one attached hydrogen (secondary N) is 4. The number of carbonyl (C=O) groups excluding carboxylic acids is 2. The van der Waals surface area contributed by atoms with E-state index in [0.29, 0.717) is 18.8 Å². The SMILES string of the molecule is CNC(=O)C1CCC(NC(=O)c2ccc(Nc3ccc4ncsc4n3)cc2NC2CCOCC2)CC1. The van der Waals surface area contributed by atoms with Gasteiger partial charge in [-0.25, -0.2) is 9.97 Å². The van der Waals surface area contributed by atoms with Gasteiger partial charge in [-0.2, -0.15) is 0 Å². The first-order valence-corrected chi connectivity index (χ1v) is 13.4. The number of thiazole rings is 1. The van der Waals surface area contributed by atoms with E-state index >= 15 is 0 Å². The summed E-state index contributed by atoms with van der Waals surface area (Å²) in [5.41, 5.74) is 4.93. The summed E-state index contributed by atoms with van der Waals surface area (Å²) in [6.07, 6.45) is 4.98. The van der Waals surface area contributed by atoms with Gasteiger partial charge in [-0.1, -0.05) is 0 Å². The summed E-state index contributed by atoms with van der Waals surface area (Å²) >= 11 is 1.50. The number of carbonyl (C=O) groups is 2. The number of hydrogen-bond acceptors (Lipinski definition) is 8. The molecule has 2 aliphatic rings. The molecule has 3 heterocycles. The molecular weight excluding hydrogens is 476 g/mol. The molecule has 0 unspecified atom stereocenters. The van der Waals surface area contributed by atoms with Crippen molar-refractivity contribution in [1.82, 2.24) is 20.6 Å². The van der Waals surface area contributed by atoms with E-state index in [1.54, 1.807) is 12.6 Å². The van der Waals surface area contributed by atoms with E-state index in [2.05, 4.69) is 31.2 Å². The average Bonchev–Trinajstić information content (AvgIpc) is 3.37. The summed E-state index contributed by atoms with van der Waals surface area (Å²) in [6, 6.07) is 9.92. The molecule has 190 valence electrons. The zero-order valence-corrected chi connectivity index (χ0v) is 21.2. The van der Waals surface area contributed by atoms with Gasteiger partial charge in [0, 0.05) is 49.6 Å². The predicted molar refractivity (Wildman–Crippen MR) is 142 cm³/mol. The van der Waals surface area contributed by atoms with Crippen LogP contribution in [0.25, 0.3) is 10.3 Å². The Labute approximate surface area is 214 Å². The lowest BCUT2D eigenvalue weighted by molar-refractivity contribution is -0.125. The Balaban J connectivity index is 1.31. The molecule has 1 aliphatic carbocycles. The number of fused-ring (bicyclic) bond motifs is 1.